The van der Waals surface area contributed by atoms with E-state index in [0.717, 1.165) is 17.5 Å². The van der Waals surface area contributed by atoms with Crippen LogP contribution in [-0.4, -0.2) is 60.7 Å². The van der Waals surface area contributed by atoms with Crippen LogP contribution in [0.1, 0.15) is 46.5 Å². The van der Waals surface area contributed by atoms with Gasteiger partial charge in [-0.1, -0.05) is 63.2 Å². The van der Waals surface area contributed by atoms with Crippen LogP contribution in [0.5, 0.6) is 0 Å². The van der Waals surface area contributed by atoms with Crippen LogP contribution in [0.4, 0.5) is 0 Å². The summed E-state index contributed by atoms with van der Waals surface area (Å²) in [5.41, 5.74) is 0.992. The van der Waals surface area contributed by atoms with E-state index in [9.17, 15) is 18.0 Å². The average Bonchev–Trinajstić information content (AvgIpc) is 2.86. The maximum Gasteiger partial charge on any atom is 0.246 e. The molecule has 2 fully saturated rings. The van der Waals surface area contributed by atoms with Crippen LogP contribution >= 0.6 is 0 Å². The van der Waals surface area contributed by atoms with E-state index in [4.69, 9.17) is 0 Å². The summed E-state index contributed by atoms with van der Waals surface area (Å²) in [5.74, 6) is 0.0791. The monoisotopic (exact) mass is 497 g/mol. The lowest BCUT2D eigenvalue weighted by Crippen LogP contribution is -2.73. The first-order valence-electron chi connectivity index (χ1n) is 12.5. The first kappa shape index (κ1) is 25.4. The van der Waals surface area contributed by atoms with Crippen molar-refractivity contribution in [1.82, 2.24) is 14.5 Å². The van der Waals surface area contributed by atoms with Crippen LogP contribution in [-0.2, 0) is 19.6 Å². The first-order valence-corrected chi connectivity index (χ1v) is 13.9. The Kier molecular flexibility index (Phi) is 7.33. The van der Waals surface area contributed by atoms with Crippen molar-refractivity contribution in [2.45, 2.75) is 62.9 Å². The zero-order chi connectivity index (χ0) is 25.2. The average molecular weight is 498 g/mol. The molecule has 1 N–H and O–H groups in total. The molecule has 1 atom stereocenters. The van der Waals surface area contributed by atoms with Crippen LogP contribution in [0.25, 0.3) is 11.1 Å². The molecule has 188 valence electrons. The summed E-state index contributed by atoms with van der Waals surface area (Å²) in [5, 5.41) is 2.96. The topological polar surface area (TPSA) is 86.8 Å². The second-order valence-electron chi connectivity index (χ2n) is 9.97. The molecule has 35 heavy (non-hydrogen) atoms. The van der Waals surface area contributed by atoms with Gasteiger partial charge in [-0.2, -0.15) is 4.31 Å². The summed E-state index contributed by atoms with van der Waals surface area (Å²) in [6.45, 7) is 6.93. The van der Waals surface area contributed by atoms with Crippen molar-refractivity contribution in [2.75, 3.05) is 19.6 Å². The lowest BCUT2D eigenvalue weighted by atomic mass is 9.81. The SMILES string of the molecule is CCCN1C(=O)C(CC(C)C)NC(=O)C12CCN(S(=O)(=O)c1ccc(-c3ccccc3)cc1)CC2. The lowest BCUT2D eigenvalue weighted by Gasteiger charge is -2.51. The Morgan fingerprint density at radius 2 is 1.57 bits per heavy atom. The zero-order valence-corrected chi connectivity index (χ0v) is 21.6. The smallest absolute Gasteiger partial charge is 0.246 e. The summed E-state index contributed by atoms with van der Waals surface area (Å²) in [6.07, 6.45) is 1.92. The van der Waals surface area contributed by atoms with Gasteiger partial charge < -0.3 is 10.2 Å². The Hall–Kier alpha value is -2.71. The Labute approximate surface area is 208 Å². The molecule has 2 aromatic rings. The van der Waals surface area contributed by atoms with Crippen LogP contribution in [0.15, 0.2) is 59.5 Å². The number of hydrogen-bond donors (Lipinski definition) is 1. The third-order valence-corrected chi connectivity index (χ3v) is 9.02. The standard InChI is InChI=1S/C27H35N3O4S/c1-4-16-30-25(31)24(19-20(2)3)28-26(32)27(30)14-17-29(18-15-27)35(33,34)23-12-10-22(11-13-23)21-8-6-5-7-9-21/h5-13,20,24H,4,14-19H2,1-3H3,(H,28,32). The third-order valence-electron chi connectivity index (χ3n) is 7.11. The van der Waals surface area contributed by atoms with Gasteiger partial charge in [0.05, 0.1) is 4.90 Å². The van der Waals surface area contributed by atoms with Crippen LogP contribution < -0.4 is 5.32 Å². The summed E-state index contributed by atoms with van der Waals surface area (Å²) in [6, 6.07) is 16.2. The molecule has 0 bridgehead atoms. The van der Waals surface area contributed by atoms with Crippen molar-refractivity contribution < 1.29 is 18.0 Å². The van der Waals surface area contributed by atoms with E-state index in [0.29, 0.717) is 25.8 Å². The number of carbonyl (C=O) groups is 2. The maximum atomic E-state index is 13.4. The van der Waals surface area contributed by atoms with E-state index in [1.165, 1.54) is 4.31 Å². The lowest BCUT2D eigenvalue weighted by molar-refractivity contribution is -0.160. The third kappa shape index (κ3) is 4.86. The molecule has 2 aliphatic heterocycles. The molecule has 4 rings (SSSR count). The number of amides is 2. The number of benzene rings is 2. The van der Waals surface area contributed by atoms with Crippen molar-refractivity contribution in [2.24, 2.45) is 5.92 Å². The van der Waals surface area contributed by atoms with Crippen molar-refractivity contribution in [1.29, 1.82) is 0 Å². The maximum absolute atomic E-state index is 13.4. The van der Waals surface area contributed by atoms with Gasteiger partial charge in [-0.3, -0.25) is 9.59 Å². The zero-order valence-electron chi connectivity index (χ0n) is 20.7. The number of nitrogens with zero attached hydrogens (tertiary/aromatic N) is 2. The van der Waals surface area contributed by atoms with Gasteiger partial charge in [0, 0.05) is 19.6 Å². The van der Waals surface area contributed by atoms with Gasteiger partial charge in [0.25, 0.3) is 0 Å². The van der Waals surface area contributed by atoms with E-state index in [1.807, 2.05) is 63.2 Å². The highest BCUT2D eigenvalue weighted by atomic mass is 32.2. The summed E-state index contributed by atoms with van der Waals surface area (Å²) < 4.78 is 28.2. The second-order valence-corrected chi connectivity index (χ2v) is 11.9. The quantitative estimate of drug-likeness (QED) is 0.633. The molecule has 2 aliphatic rings. The van der Waals surface area contributed by atoms with Gasteiger partial charge in [0.15, 0.2) is 0 Å². The molecule has 0 saturated carbocycles. The molecule has 1 spiro atoms. The van der Waals surface area contributed by atoms with E-state index in [1.54, 1.807) is 17.0 Å². The molecular weight excluding hydrogens is 462 g/mol. The predicted octanol–water partition coefficient (Wildman–Crippen LogP) is 3.66. The minimum atomic E-state index is -3.71. The van der Waals surface area contributed by atoms with Gasteiger partial charge in [0.2, 0.25) is 21.8 Å². The highest BCUT2D eigenvalue weighted by Gasteiger charge is 2.54. The molecule has 0 aromatic heterocycles. The summed E-state index contributed by atoms with van der Waals surface area (Å²) >= 11 is 0. The molecule has 1 unspecified atom stereocenters. The molecule has 2 amide bonds. The minimum absolute atomic E-state index is 0.0482. The number of carbonyl (C=O) groups excluding carboxylic acids is 2. The van der Waals surface area contributed by atoms with Crippen molar-refractivity contribution >= 4 is 21.8 Å². The van der Waals surface area contributed by atoms with E-state index < -0.39 is 21.6 Å². The Balaban J connectivity index is 1.51. The summed E-state index contributed by atoms with van der Waals surface area (Å²) in [4.78, 5) is 28.6. The highest BCUT2D eigenvalue weighted by Crippen LogP contribution is 2.36. The first-order chi connectivity index (χ1) is 16.7. The molecular formula is C27H35N3O4S. The van der Waals surface area contributed by atoms with Gasteiger partial charge >= 0.3 is 0 Å². The molecule has 2 heterocycles. The van der Waals surface area contributed by atoms with E-state index in [-0.39, 0.29) is 35.7 Å². The minimum Gasteiger partial charge on any atom is -0.342 e. The largest absolute Gasteiger partial charge is 0.342 e. The van der Waals surface area contributed by atoms with E-state index >= 15 is 0 Å². The molecule has 2 saturated heterocycles. The van der Waals surface area contributed by atoms with Crippen molar-refractivity contribution in [3.63, 3.8) is 0 Å². The number of hydrogen-bond acceptors (Lipinski definition) is 4. The molecule has 7 nitrogen and oxygen atoms in total. The fourth-order valence-corrected chi connectivity index (χ4v) is 6.69. The number of piperidine rings is 1. The normalized spacial score (nSPS) is 20.9. The molecule has 2 aromatic carbocycles. The Morgan fingerprint density at radius 1 is 0.971 bits per heavy atom. The Morgan fingerprint density at radius 3 is 2.14 bits per heavy atom. The highest BCUT2D eigenvalue weighted by molar-refractivity contribution is 7.89. The van der Waals surface area contributed by atoms with Gasteiger partial charge in [-0.05, 0) is 54.9 Å². The van der Waals surface area contributed by atoms with Crippen LogP contribution in [0, 0.1) is 5.92 Å². The van der Waals surface area contributed by atoms with E-state index in [2.05, 4.69) is 5.32 Å². The predicted molar refractivity (Wildman–Crippen MR) is 136 cm³/mol. The summed E-state index contributed by atoms with van der Waals surface area (Å²) in [7, 11) is -3.71. The second kappa shape index (κ2) is 10.1. The fourth-order valence-electron chi connectivity index (χ4n) is 5.25. The van der Waals surface area contributed by atoms with Gasteiger partial charge in [0.1, 0.15) is 11.6 Å². The van der Waals surface area contributed by atoms with Gasteiger partial charge in [-0.15, -0.1) is 0 Å². The van der Waals surface area contributed by atoms with Crippen molar-refractivity contribution in [3.05, 3.63) is 54.6 Å². The Bertz CT molecular complexity index is 1150. The number of rotatable bonds is 7. The number of piperazine rings is 1. The van der Waals surface area contributed by atoms with Crippen LogP contribution in [0.3, 0.4) is 0 Å². The van der Waals surface area contributed by atoms with Crippen molar-refractivity contribution in [3.8, 4) is 11.1 Å². The van der Waals surface area contributed by atoms with Gasteiger partial charge in [-0.25, -0.2) is 8.42 Å². The number of nitrogens with one attached hydrogen (secondary N) is 1. The molecule has 0 aliphatic carbocycles. The molecule has 0 radical (unpaired) electrons. The fraction of sp³-hybridized carbons (Fsp3) is 0.481. The number of sulfonamides is 1. The molecule has 8 heteroatoms. The van der Waals surface area contributed by atoms with Crippen LogP contribution in [0.2, 0.25) is 0 Å².